The molecule has 0 aromatic carbocycles. The van der Waals surface area contributed by atoms with E-state index in [1.165, 1.54) is 24.2 Å². The van der Waals surface area contributed by atoms with Crippen molar-refractivity contribution in [2.45, 2.75) is 25.7 Å². The number of hydrogen-bond acceptors (Lipinski definition) is 3. The van der Waals surface area contributed by atoms with Gasteiger partial charge in [0.15, 0.2) is 0 Å². The van der Waals surface area contributed by atoms with Crippen molar-refractivity contribution in [3.05, 3.63) is 36.2 Å². The highest BCUT2D eigenvalue weighted by molar-refractivity contribution is 5.56. The zero-order chi connectivity index (χ0) is 11.0. The first-order chi connectivity index (χ1) is 7.86. The first-order valence-corrected chi connectivity index (χ1v) is 5.61. The van der Waals surface area contributed by atoms with Crippen LogP contribution in [-0.2, 0) is 12.8 Å². The Morgan fingerprint density at radius 2 is 2.12 bits per heavy atom. The second kappa shape index (κ2) is 3.63. The van der Waals surface area contributed by atoms with Crippen molar-refractivity contribution in [3.63, 3.8) is 0 Å². The molecule has 1 aliphatic carbocycles. The number of nitrogens with zero attached hydrogens (tertiary/aromatic N) is 3. The summed E-state index contributed by atoms with van der Waals surface area (Å²) in [6, 6.07) is 1.94. The number of pyridine rings is 1. The quantitative estimate of drug-likeness (QED) is 0.786. The second-order valence-electron chi connectivity index (χ2n) is 4.15. The van der Waals surface area contributed by atoms with E-state index < -0.39 is 0 Å². The van der Waals surface area contributed by atoms with E-state index in [0.29, 0.717) is 5.69 Å². The van der Waals surface area contributed by atoms with Crippen LogP contribution in [0.1, 0.15) is 24.2 Å². The van der Waals surface area contributed by atoms with Gasteiger partial charge in [0.25, 0.3) is 0 Å². The first kappa shape index (κ1) is 9.39. The van der Waals surface area contributed by atoms with Crippen LogP contribution in [0.25, 0.3) is 5.69 Å². The van der Waals surface area contributed by atoms with Crippen LogP contribution in [0.3, 0.4) is 0 Å². The maximum Gasteiger partial charge on any atom is 0.0998 e. The van der Waals surface area contributed by atoms with Gasteiger partial charge >= 0.3 is 0 Å². The third kappa shape index (κ3) is 1.38. The number of aromatic nitrogens is 3. The predicted octanol–water partition coefficient (Wildman–Crippen LogP) is 1.73. The number of nitrogens with two attached hydrogens (primary N) is 1. The van der Waals surface area contributed by atoms with Gasteiger partial charge in [-0.3, -0.25) is 4.98 Å². The molecule has 0 spiro atoms. The van der Waals surface area contributed by atoms with Crippen molar-refractivity contribution in [2.75, 3.05) is 5.73 Å². The van der Waals surface area contributed by atoms with Crippen molar-refractivity contribution < 1.29 is 0 Å². The maximum atomic E-state index is 5.93. The first-order valence-electron chi connectivity index (χ1n) is 5.61. The van der Waals surface area contributed by atoms with Gasteiger partial charge in [-0.2, -0.15) is 0 Å². The van der Waals surface area contributed by atoms with Crippen molar-refractivity contribution in [1.29, 1.82) is 0 Å². The molecular weight excluding hydrogens is 200 g/mol. The van der Waals surface area contributed by atoms with Crippen molar-refractivity contribution in [3.8, 4) is 5.69 Å². The molecule has 16 heavy (non-hydrogen) atoms. The molecule has 2 heterocycles. The molecule has 2 aromatic heterocycles. The summed E-state index contributed by atoms with van der Waals surface area (Å²) in [5, 5.41) is 0. The summed E-state index contributed by atoms with van der Waals surface area (Å²) < 4.78 is 2.10. The Labute approximate surface area is 94.1 Å². The Morgan fingerprint density at radius 3 is 3.00 bits per heavy atom. The molecule has 0 unspecified atom stereocenters. The van der Waals surface area contributed by atoms with Gasteiger partial charge in [0, 0.05) is 11.9 Å². The van der Waals surface area contributed by atoms with Crippen molar-refractivity contribution >= 4 is 5.69 Å². The molecule has 0 atom stereocenters. The van der Waals surface area contributed by atoms with E-state index in [0.717, 1.165) is 18.5 Å². The summed E-state index contributed by atoms with van der Waals surface area (Å²) in [7, 11) is 0. The number of hydrogen-bond donors (Lipinski definition) is 1. The van der Waals surface area contributed by atoms with Gasteiger partial charge in [-0.1, -0.05) is 0 Å². The van der Waals surface area contributed by atoms with E-state index in [1.54, 1.807) is 12.4 Å². The van der Waals surface area contributed by atoms with E-state index in [1.807, 2.05) is 12.4 Å². The smallest absolute Gasteiger partial charge is 0.0998 e. The average Bonchev–Trinajstić information content (AvgIpc) is 2.74. The molecule has 0 aliphatic heterocycles. The summed E-state index contributed by atoms with van der Waals surface area (Å²) in [4.78, 5) is 8.47. The van der Waals surface area contributed by atoms with Gasteiger partial charge in [0.1, 0.15) is 0 Å². The minimum Gasteiger partial charge on any atom is -0.396 e. The molecule has 0 fully saturated rings. The van der Waals surface area contributed by atoms with Crippen LogP contribution in [0.5, 0.6) is 0 Å². The number of fused-ring (bicyclic) bond motifs is 1. The summed E-state index contributed by atoms with van der Waals surface area (Å²) in [6.45, 7) is 0. The number of aryl methyl sites for hydroxylation is 1. The highest BCUT2D eigenvalue weighted by atomic mass is 15.1. The topological polar surface area (TPSA) is 56.7 Å². The standard InChI is InChI=1S/C12H14N4/c13-9-7-14-6-5-11(9)16-8-15-10-3-1-2-4-12(10)16/h5-8H,1-4,13H2. The van der Waals surface area contributed by atoms with E-state index in [9.17, 15) is 0 Å². The fraction of sp³-hybridized carbons (Fsp3) is 0.333. The highest BCUT2D eigenvalue weighted by Gasteiger charge is 2.16. The van der Waals surface area contributed by atoms with Crippen LogP contribution in [0, 0.1) is 0 Å². The molecule has 4 heteroatoms. The lowest BCUT2D eigenvalue weighted by Gasteiger charge is -2.14. The monoisotopic (exact) mass is 214 g/mol. The van der Waals surface area contributed by atoms with Gasteiger partial charge in [0.05, 0.1) is 29.6 Å². The van der Waals surface area contributed by atoms with Gasteiger partial charge in [-0.05, 0) is 31.7 Å². The highest BCUT2D eigenvalue weighted by Crippen LogP contribution is 2.25. The number of rotatable bonds is 1. The predicted molar refractivity (Wildman–Crippen MR) is 62.4 cm³/mol. The van der Waals surface area contributed by atoms with Crippen molar-refractivity contribution in [1.82, 2.24) is 14.5 Å². The molecule has 2 N–H and O–H groups in total. The number of anilines is 1. The largest absolute Gasteiger partial charge is 0.396 e. The normalized spacial score (nSPS) is 14.8. The molecule has 4 nitrogen and oxygen atoms in total. The second-order valence-corrected chi connectivity index (χ2v) is 4.15. The summed E-state index contributed by atoms with van der Waals surface area (Å²) in [5.41, 5.74) is 10.2. The molecule has 0 bridgehead atoms. The molecule has 2 aromatic rings. The summed E-state index contributed by atoms with van der Waals surface area (Å²) >= 11 is 0. The molecular formula is C12H14N4. The third-order valence-electron chi connectivity index (χ3n) is 3.12. The third-order valence-corrected chi connectivity index (χ3v) is 3.12. The van der Waals surface area contributed by atoms with E-state index in [-0.39, 0.29) is 0 Å². The van der Waals surface area contributed by atoms with Crippen LogP contribution in [0.4, 0.5) is 5.69 Å². The van der Waals surface area contributed by atoms with E-state index in [2.05, 4.69) is 14.5 Å². The fourth-order valence-electron chi connectivity index (χ4n) is 2.30. The molecule has 0 radical (unpaired) electrons. The van der Waals surface area contributed by atoms with E-state index >= 15 is 0 Å². The molecule has 0 saturated carbocycles. The summed E-state index contributed by atoms with van der Waals surface area (Å²) in [6.07, 6.45) is 10.00. The average molecular weight is 214 g/mol. The van der Waals surface area contributed by atoms with Crippen LogP contribution in [0.15, 0.2) is 24.8 Å². The van der Waals surface area contributed by atoms with E-state index in [4.69, 9.17) is 5.73 Å². The maximum absolute atomic E-state index is 5.93. The Hall–Kier alpha value is -1.84. The summed E-state index contributed by atoms with van der Waals surface area (Å²) in [5.74, 6) is 0. The van der Waals surface area contributed by atoms with Gasteiger partial charge in [-0.25, -0.2) is 4.98 Å². The molecule has 0 saturated heterocycles. The Kier molecular flexibility index (Phi) is 2.13. The number of nitrogen functional groups attached to an aromatic ring is 1. The minimum atomic E-state index is 0.702. The van der Waals surface area contributed by atoms with Gasteiger partial charge in [-0.15, -0.1) is 0 Å². The van der Waals surface area contributed by atoms with Crippen LogP contribution in [-0.4, -0.2) is 14.5 Å². The van der Waals surface area contributed by atoms with Gasteiger partial charge in [0.2, 0.25) is 0 Å². The molecule has 1 aliphatic rings. The van der Waals surface area contributed by atoms with Crippen LogP contribution < -0.4 is 5.73 Å². The Balaban J connectivity index is 2.13. The molecule has 0 amide bonds. The lowest BCUT2D eigenvalue weighted by Crippen LogP contribution is -2.08. The van der Waals surface area contributed by atoms with Gasteiger partial charge < -0.3 is 10.3 Å². The zero-order valence-corrected chi connectivity index (χ0v) is 9.06. The zero-order valence-electron chi connectivity index (χ0n) is 9.06. The Bertz CT molecular complexity index is 515. The SMILES string of the molecule is Nc1cnccc1-n1cnc2c1CCCC2. The fourth-order valence-corrected chi connectivity index (χ4v) is 2.30. The minimum absolute atomic E-state index is 0.702. The van der Waals surface area contributed by atoms with Crippen LogP contribution in [0.2, 0.25) is 0 Å². The van der Waals surface area contributed by atoms with Crippen molar-refractivity contribution in [2.24, 2.45) is 0 Å². The molecule has 82 valence electrons. The van der Waals surface area contributed by atoms with Crippen LogP contribution >= 0.6 is 0 Å². The lowest BCUT2D eigenvalue weighted by molar-refractivity contribution is 0.656. The lowest BCUT2D eigenvalue weighted by atomic mass is 10.0. The number of imidazole rings is 1. The Morgan fingerprint density at radius 1 is 1.25 bits per heavy atom. The molecule has 3 rings (SSSR count).